The molecule has 19 heavy (non-hydrogen) atoms. The first-order chi connectivity index (χ1) is 8.96. The Morgan fingerprint density at radius 3 is 2.16 bits per heavy atom. The van der Waals surface area contributed by atoms with Crippen LogP contribution in [0.5, 0.6) is 0 Å². The van der Waals surface area contributed by atoms with Gasteiger partial charge in [0.15, 0.2) is 0 Å². The monoisotopic (exact) mass is 262 g/mol. The zero-order valence-electron chi connectivity index (χ0n) is 13.3. The Kier molecular flexibility index (Phi) is 6.36. The molecule has 1 N–H and O–H groups in total. The Hall–Kier alpha value is -1.02. The topological polar surface area (TPSA) is 15.3 Å². The van der Waals surface area contributed by atoms with Gasteiger partial charge in [-0.15, -0.1) is 0 Å². The number of rotatable bonds is 7. The summed E-state index contributed by atoms with van der Waals surface area (Å²) >= 11 is 0. The normalized spacial score (nSPS) is 11.6. The largest absolute Gasteiger partial charge is 0.372 e. The maximum atomic E-state index is 3.52. The molecule has 0 bridgehead atoms. The van der Waals surface area contributed by atoms with Crippen LogP contribution in [-0.4, -0.2) is 18.6 Å². The number of benzene rings is 1. The molecule has 108 valence electrons. The van der Waals surface area contributed by atoms with Gasteiger partial charge in [-0.2, -0.15) is 0 Å². The zero-order valence-corrected chi connectivity index (χ0v) is 13.3. The van der Waals surface area contributed by atoms with Crippen molar-refractivity contribution < 1.29 is 0 Å². The van der Waals surface area contributed by atoms with Crippen molar-refractivity contribution in [3.63, 3.8) is 0 Å². The van der Waals surface area contributed by atoms with Crippen molar-refractivity contribution in [3.05, 3.63) is 29.8 Å². The molecular weight excluding hydrogens is 232 g/mol. The quantitative estimate of drug-likeness (QED) is 0.792. The highest BCUT2D eigenvalue weighted by atomic mass is 15.1. The molecule has 0 saturated heterocycles. The number of nitrogens with zero attached hydrogens (tertiary/aromatic N) is 1. The third kappa shape index (κ3) is 6.11. The average molecular weight is 262 g/mol. The standard InChI is InChI=1S/C17H30N2/c1-6-8-13-19(7-2)16-11-9-15(10-12-16)14-18-17(3,4)5/h9-12,18H,6-8,13-14H2,1-5H3. The highest BCUT2D eigenvalue weighted by molar-refractivity contribution is 5.47. The first-order valence-electron chi connectivity index (χ1n) is 7.55. The highest BCUT2D eigenvalue weighted by Crippen LogP contribution is 2.16. The number of hydrogen-bond acceptors (Lipinski definition) is 2. The van der Waals surface area contributed by atoms with Gasteiger partial charge in [0, 0.05) is 30.9 Å². The van der Waals surface area contributed by atoms with Gasteiger partial charge < -0.3 is 10.2 Å². The van der Waals surface area contributed by atoms with Crippen LogP contribution in [0.3, 0.4) is 0 Å². The van der Waals surface area contributed by atoms with E-state index in [0.717, 1.165) is 19.6 Å². The molecule has 0 saturated carbocycles. The van der Waals surface area contributed by atoms with Gasteiger partial charge in [-0.3, -0.25) is 0 Å². The van der Waals surface area contributed by atoms with Crippen molar-refractivity contribution in [3.8, 4) is 0 Å². The number of hydrogen-bond donors (Lipinski definition) is 1. The summed E-state index contributed by atoms with van der Waals surface area (Å²) in [5, 5.41) is 3.52. The maximum absolute atomic E-state index is 3.52. The van der Waals surface area contributed by atoms with Crippen LogP contribution < -0.4 is 10.2 Å². The lowest BCUT2D eigenvalue weighted by atomic mass is 10.1. The van der Waals surface area contributed by atoms with Gasteiger partial charge in [-0.25, -0.2) is 0 Å². The Labute approximate surface area is 119 Å². The lowest BCUT2D eigenvalue weighted by Crippen LogP contribution is -2.35. The van der Waals surface area contributed by atoms with E-state index in [9.17, 15) is 0 Å². The van der Waals surface area contributed by atoms with E-state index in [1.807, 2.05) is 0 Å². The lowest BCUT2D eigenvalue weighted by Gasteiger charge is -2.24. The minimum Gasteiger partial charge on any atom is -0.372 e. The van der Waals surface area contributed by atoms with Crippen LogP contribution in [-0.2, 0) is 6.54 Å². The summed E-state index contributed by atoms with van der Waals surface area (Å²) in [7, 11) is 0. The van der Waals surface area contributed by atoms with E-state index in [4.69, 9.17) is 0 Å². The first-order valence-corrected chi connectivity index (χ1v) is 7.55. The van der Waals surface area contributed by atoms with Crippen molar-refractivity contribution in [1.29, 1.82) is 0 Å². The first kappa shape index (κ1) is 16.0. The van der Waals surface area contributed by atoms with Crippen LogP contribution in [0.25, 0.3) is 0 Å². The molecule has 1 aromatic rings. The summed E-state index contributed by atoms with van der Waals surface area (Å²) in [5.74, 6) is 0. The third-order valence-corrected chi connectivity index (χ3v) is 3.29. The van der Waals surface area contributed by atoms with Crippen molar-refractivity contribution in [1.82, 2.24) is 5.32 Å². The fourth-order valence-corrected chi connectivity index (χ4v) is 2.01. The Balaban J connectivity index is 2.59. The van der Waals surface area contributed by atoms with Gasteiger partial charge in [-0.1, -0.05) is 25.5 Å². The summed E-state index contributed by atoms with van der Waals surface area (Å²) in [6.45, 7) is 14.2. The van der Waals surface area contributed by atoms with Gasteiger partial charge in [0.1, 0.15) is 0 Å². The fourth-order valence-electron chi connectivity index (χ4n) is 2.01. The van der Waals surface area contributed by atoms with Crippen LogP contribution in [0.4, 0.5) is 5.69 Å². The smallest absolute Gasteiger partial charge is 0.0366 e. The predicted molar refractivity (Wildman–Crippen MR) is 85.8 cm³/mol. The summed E-state index contributed by atoms with van der Waals surface area (Å²) in [5.41, 5.74) is 2.87. The van der Waals surface area contributed by atoms with E-state index in [2.05, 4.69) is 69.1 Å². The van der Waals surface area contributed by atoms with Gasteiger partial charge in [0.05, 0.1) is 0 Å². The van der Waals surface area contributed by atoms with Crippen LogP contribution in [0.15, 0.2) is 24.3 Å². The second-order valence-electron chi connectivity index (χ2n) is 6.20. The molecule has 0 spiro atoms. The van der Waals surface area contributed by atoms with E-state index >= 15 is 0 Å². The third-order valence-electron chi connectivity index (χ3n) is 3.29. The molecule has 0 atom stereocenters. The lowest BCUT2D eigenvalue weighted by molar-refractivity contribution is 0.424. The number of unbranched alkanes of at least 4 members (excludes halogenated alkanes) is 1. The second kappa shape index (κ2) is 7.54. The summed E-state index contributed by atoms with van der Waals surface area (Å²) in [6.07, 6.45) is 2.52. The zero-order chi connectivity index (χ0) is 14.3. The summed E-state index contributed by atoms with van der Waals surface area (Å²) < 4.78 is 0. The molecule has 0 aliphatic heterocycles. The van der Waals surface area contributed by atoms with Crippen molar-refractivity contribution in [2.24, 2.45) is 0 Å². The van der Waals surface area contributed by atoms with Gasteiger partial charge >= 0.3 is 0 Å². The maximum Gasteiger partial charge on any atom is 0.0366 e. The van der Waals surface area contributed by atoms with E-state index in [1.165, 1.54) is 24.1 Å². The molecule has 0 aliphatic rings. The van der Waals surface area contributed by atoms with Crippen molar-refractivity contribution in [2.45, 2.75) is 59.5 Å². The molecular formula is C17H30N2. The van der Waals surface area contributed by atoms with E-state index in [0.29, 0.717) is 0 Å². The Morgan fingerprint density at radius 1 is 1.05 bits per heavy atom. The summed E-state index contributed by atoms with van der Waals surface area (Å²) in [4.78, 5) is 2.45. The van der Waals surface area contributed by atoms with Crippen molar-refractivity contribution >= 4 is 5.69 Å². The average Bonchev–Trinajstić information content (AvgIpc) is 2.38. The molecule has 0 aromatic heterocycles. The molecule has 0 fully saturated rings. The highest BCUT2D eigenvalue weighted by Gasteiger charge is 2.08. The molecule has 0 aliphatic carbocycles. The minimum absolute atomic E-state index is 0.176. The van der Waals surface area contributed by atoms with Crippen LogP contribution in [0.2, 0.25) is 0 Å². The van der Waals surface area contributed by atoms with E-state index in [-0.39, 0.29) is 5.54 Å². The fraction of sp³-hybridized carbons (Fsp3) is 0.647. The van der Waals surface area contributed by atoms with E-state index in [1.54, 1.807) is 0 Å². The molecule has 0 amide bonds. The van der Waals surface area contributed by atoms with Gasteiger partial charge in [0.25, 0.3) is 0 Å². The molecule has 1 aromatic carbocycles. The molecule has 1 rings (SSSR count). The summed E-state index contributed by atoms with van der Waals surface area (Å²) in [6, 6.07) is 8.98. The number of anilines is 1. The molecule has 0 heterocycles. The predicted octanol–water partition coefficient (Wildman–Crippen LogP) is 4.20. The van der Waals surface area contributed by atoms with Crippen LogP contribution in [0, 0.1) is 0 Å². The molecule has 0 unspecified atom stereocenters. The molecule has 0 radical (unpaired) electrons. The molecule has 2 heteroatoms. The minimum atomic E-state index is 0.176. The van der Waals surface area contributed by atoms with Crippen LogP contribution >= 0.6 is 0 Å². The van der Waals surface area contributed by atoms with Gasteiger partial charge in [0.2, 0.25) is 0 Å². The van der Waals surface area contributed by atoms with Crippen LogP contribution in [0.1, 0.15) is 53.0 Å². The van der Waals surface area contributed by atoms with E-state index < -0.39 is 0 Å². The van der Waals surface area contributed by atoms with Crippen molar-refractivity contribution in [2.75, 3.05) is 18.0 Å². The Morgan fingerprint density at radius 2 is 1.68 bits per heavy atom. The number of nitrogens with one attached hydrogen (secondary N) is 1. The molecule has 2 nitrogen and oxygen atoms in total. The SMILES string of the molecule is CCCCN(CC)c1ccc(CNC(C)(C)C)cc1. The Bertz CT molecular complexity index is 349. The van der Waals surface area contributed by atoms with Gasteiger partial charge in [-0.05, 0) is 51.8 Å². The second-order valence-corrected chi connectivity index (χ2v) is 6.20.